The lowest BCUT2D eigenvalue weighted by Gasteiger charge is -2.06. The molecule has 0 unspecified atom stereocenters. The predicted molar refractivity (Wildman–Crippen MR) is 77.8 cm³/mol. The summed E-state index contributed by atoms with van der Waals surface area (Å²) >= 11 is 0. The minimum absolute atomic E-state index is 0.372. The van der Waals surface area contributed by atoms with E-state index in [0.717, 1.165) is 5.56 Å². The first-order valence-corrected chi connectivity index (χ1v) is 6.43. The molecular formula is C15H14N4O2. The summed E-state index contributed by atoms with van der Waals surface area (Å²) in [5.74, 6) is 0.145. The van der Waals surface area contributed by atoms with Gasteiger partial charge in [0.25, 0.3) is 5.91 Å². The summed E-state index contributed by atoms with van der Waals surface area (Å²) in [5, 5.41) is 4.93. The van der Waals surface area contributed by atoms with E-state index in [1.165, 1.54) is 4.68 Å². The van der Waals surface area contributed by atoms with Gasteiger partial charge < -0.3 is 10.5 Å². The maximum absolute atomic E-state index is 11.5. The van der Waals surface area contributed by atoms with E-state index in [0.29, 0.717) is 29.0 Å². The Kier molecular flexibility index (Phi) is 3.27. The second kappa shape index (κ2) is 5.24. The highest BCUT2D eigenvalue weighted by molar-refractivity contribution is 6.04. The number of hydrogen-bond donors (Lipinski definition) is 1. The summed E-state index contributed by atoms with van der Waals surface area (Å²) in [4.78, 5) is 15.5. The highest BCUT2D eigenvalue weighted by atomic mass is 16.5. The van der Waals surface area contributed by atoms with Crippen molar-refractivity contribution in [1.29, 1.82) is 0 Å². The summed E-state index contributed by atoms with van der Waals surface area (Å²) in [7, 11) is 1.69. The third kappa shape index (κ3) is 2.55. The molecule has 0 aliphatic rings. The molecule has 0 saturated carbocycles. The summed E-state index contributed by atoms with van der Waals surface area (Å²) in [5.41, 5.74) is 7.44. The number of fused-ring (bicyclic) bond motifs is 1. The van der Waals surface area contributed by atoms with Crippen molar-refractivity contribution in [3.8, 4) is 5.75 Å². The van der Waals surface area contributed by atoms with Gasteiger partial charge in [0.2, 0.25) is 0 Å². The Morgan fingerprint density at radius 3 is 2.95 bits per heavy atom. The fourth-order valence-corrected chi connectivity index (χ4v) is 2.21. The molecule has 0 fully saturated rings. The molecule has 6 nitrogen and oxygen atoms in total. The van der Waals surface area contributed by atoms with Gasteiger partial charge in [-0.3, -0.25) is 14.5 Å². The van der Waals surface area contributed by atoms with Crippen molar-refractivity contribution in [2.75, 3.05) is 0 Å². The van der Waals surface area contributed by atoms with E-state index in [9.17, 15) is 4.79 Å². The molecule has 0 bridgehead atoms. The Morgan fingerprint density at radius 2 is 2.24 bits per heavy atom. The molecule has 2 heterocycles. The fraction of sp³-hybridized carbons (Fsp3) is 0.133. The topological polar surface area (TPSA) is 83.0 Å². The Hall–Kier alpha value is -2.89. The minimum atomic E-state index is -0.510. The number of carbonyl (C=O) groups excluding carboxylic acids is 1. The van der Waals surface area contributed by atoms with Crippen molar-refractivity contribution in [2.24, 2.45) is 12.8 Å². The van der Waals surface area contributed by atoms with Crippen LogP contribution >= 0.6 is 0 Å². The van der Waals surface area contributed by atoms with Gasteiger partial charge in [0, 0.05) is 30.4 Å². The van der Waals surface area contributed by atoms with E-state index in [1.807, 2.05) is 18.2 Å². The molecule has 0 saturated heterocycles. The van der Waals surface area contributed by atoms with Crippen LogP contribution in [0.5, 0.6) is 5.75 Å². The standard InChI is InChI=1S/C15H14N4O2/c1-19-14(15(16)20)12-7-11(4-5-13(12)18-19)21-9-10-3-2-6-17-8-10/h2-8H,9H2,1H3,(H2,16,20). The number of pyridine rings is 1. The van der Waals surface area contributed by atoms with Gasteiger partial charge in [-0.15, -0.1) is 0 Å². The summed E-state index contributed by atoms with van der Waals surface area (Å²) in [6.45, 7) is 0.408. The molecule has 21 heavy (non-hydrogen) atoms. The minimum Gasteiger partial charge on any atom is -0.489 e. The van der Waals surface area contributed by atoms with Crippen LogP contribution in [-0.4, -0.2) is 20.7 Å². The highest BCUT2D eigenvalue weighted by Gasteiger charge is 2.14. The van der Waals surface area contributed by atoms with Crippen LogP contribution in [-0.2, 0) is 13.7 Å². The zero-order valence-electron chi connectivity index (χ0n) is 11.5. The van der Waals surface area contributed by atoms with Crippen molar-refractivity contribution >= 4 is 16.8 Å². The molecule has 0 aliphatic carbocycles. The van der Waals surface area contributed by atoms with Crippen molar-refractivity contribution in [3.63, 3.8) is 0 Å². The van der Waals surface area contributed by atoms with Crippen molar-refractivity contribution < 1.29 is 9.53 Å². The molecule has 1 aromatic carbocycles. The smallest absolute Gasteiger partial charge is 0.267 e. The molecule has 0 spiro atoms. The number of amides is 1. The zero-order chi connectivity index (χ0) is 14.8. The summed E-state index contributed by atoms with van der Waals surface area (Å²) in [6, 6.07) is 9.19. The van der Waals surface area contributed by atoms with Crippen LogP contribution in [0.3, 0.4) is 0 Å². The normalized spacial score (nSPS) is 10.7. The second-order valence-electron chi connectivity index (χ2n) is 4.67. The van der Waals surface area contributed by atoms with E-state index in [4.69, 9.17) is 10.5 Å². The summed E-state index contributed by atoms with van der Waals surface area (Å²) in [6.07, 6.45) is 3.46. The molecule has 2 N–H and O–H groups in total. The van der Waals surface area contributed by atoms with Crippen LogP contribution in [0.2, 0.25) is 0 Å². The zero-order valence-corrected chi connectivity index (χ0v) is 11.5. The molecule has 0 aliphatic heterocycles. The largest absolute Gasteiger partial charge is 0.489 e. The van der Waals surface area contributed by atoms with Gasteiger partial charge in [-0.05, 0) is 24.3 Å². The van der Waals surface area contributed by atoms with E-state index < -0.39 is 5.91 Å². The van der Waals surface area contributed by atoms with E-state index in [-0.39, 0.29) is 0 Å². The van der Waals surface area contributed by atoms with Crippen LogP contribution in [0, 0.1) is 0 Å². The van der Waals surface area contributed by atoms with Gasteiger partial charge in [0.1, 0.15) is 18.1 Å². The maximum atomic E-state index is 11.5. The first-order valence-electron chi connectivity index (χ1n) is 6.43. The number of carbonyl (C=O) groups is 1. The number of ether oxygens (including phenoxy) is 1. The maximum Gasteiger partial charge on any atom is 0.267 e. The van der Waals surface area contributed by atoms with E-state index in [2.05, 4.69) is 10.1 Å². The van der Waals surface area contributed by atoms with Crippen molar-refractivity contribution in [3.05, 3.63) is 54.0 Å². The van der Waals surface area contributed by atoms with E-state index >= 15 is 0 Å². The lowest BCUT2D eigenvalue weighted by atomic mass is 10.2. The van der Waals surface area contributed by atoms with E-state index in [1.54, 1.807) is 31.6 Å². The first-order chi connectivity index (χ1) is 10.1. The number of aryl methyl sites for hydroxylation is 1. The number of hydrogen-bond acceptors (Lipinski definition) is 4. The van der Waals surface area contributed by atoms with Crippen LogP contribution in [0.4, 0.5) is 0 Å². The Balaban J connectivity index is 1.90. The lowest BCUT2D eigenvalue weighted by molar-refractivity contribution is 0.0993. The molecule has 0 atom stereocenters. The average molecular weight is 282 g/mol. The monoisotopic (exact) mass is 282 g/mol. The molecule has 2 aromatic heterocycles. The van der Waals surface area contributed by atoms with Gasteiger partial charge in [0.05, 0.1) is 5.52 Å². The molecule has 6 heteroatoms. The molecule has 106 valence electrons. The Labute approximate surface area is 121 Å². The number of aromatic nitrogens is 3. The molecule has 3 rings (SSSR count). The van der Waals surface area contributed by atoms with Crippen LogP contribution in [0.15, 0.2) is 42.7 Å². The van der Waals surface area contributed by atoms with Crippen LogP contribution in [0.1, 0.15) is 16.1 Å². The molecule has 0 radical (unpaired) electrons. The van der Waals surface area contributed by atoms with Gasteiger partial charge in [0.15, 0.2) is 0 Å². The number of nitrogens with two attached hydrogens (primary N) is 1. The lowest BCUT2D eigenvalue weighted by Crippen LogP contribution is -2.15. The first kappa shape index (κ1) is 13.1. The Morgan fingerprint density at radius 1 is 1.38 bits per heavy atom. The third-order valence-corrected chi connectivity index (χ3v) is 3.17. The number of benzene rings is 1. The molecule has 1 amide bonds. The number of rotatable bonds is 4. The highest BCUT2D eigenvalue weighted by Crippen LogP contribution is 2.23. The predicted octanol–water partition coefficient (Wildman–Crippen LogP) is 1.65. The molecular weight excluding hydrogens is 268 g/mol. The van der Waals surface area contributed by atoms with Gasteiger partial charge in [-0.2, -0.15) is 5.10 Å². The van der Waals surface area contributed by atoms with Gasteiger partial charge in [-0.25, -0.2) is 0 Å². The fourth-order valence-electron chi connectivity index (χ4n) is 2.21. The average Bonchev–Trinajstić information content (AvgIpc) is 2.81. The van der Waals surface area contributed by atoms with Crippen molar-refractivity contribution in [1.82, 2.24) is 14.8 Å². The summed E-state index contributed by atoms with van der Waals surface area (Å²) < 4.78 is 7.20. The quantitative estimate of drug-likeness (QED) is 0.788. The van der Waals surface area contributed by atoms with Crippen LogP contribution < -0.4 is 10.5 Å². The van der Waals surface area contributed by atoms with Gasteiger partial charge >= 0.3 is 0 Å². The third-order valence-electron chi connectivity index (χ3n) is 3.17. The number of primary amides is 1. The SMILES string of the molecule is Cn1nc2ccc(OCc3cccnc3)cc2c1C(N)=O. The van der Waals surface area contributed by atoms with Gasteiger partial charge in [-0.1, -0.05) is 6.07 Å². The second-order valence-corrected chi connectivity index (χ2v) is 4.67. The number of nitrogens with zero attached hydrogens (tertiary/aromatic N) is 3. The van der Waals surface area contributed by atoms with Crippen LogP contribution in [0.25, 0.3) is 10.9 Å². The molecule has 3 aromatic rings. The van der Waals surface area contributed by atoms with Crippen molar-refractivity contribution in [2.45, 2.75) is 6.61 Å². The Bertz CT molecular complexity index is 796.